The van der Waals surface area contributed by atoms with Gasteiger partial charge in [-0.1, -0.05) is 0 Å². The monoisotopic (exact) mass is 424 g/mol. The molecule has 0 aromatic heterocycles. The zero-order valence-electron chi connectivity index (χ0n) is 15.8. The minimum absolute atomic E-state index is 0.0337. The summed E-state index contributed by atoms with van der Waals surface area (Å²) in [5, 5.41) is 0. The summed E-state index contributed by atoms with van der Waals surface area (Å²) in [6, 6.07) is 10.2. The Morgan fingerprint density at radius 3 is 2.17 bits per heavy atom. The number of amides is 1. The van der Waals surface area contributed by atoms with Crippen molar-refractivity contribution >= 4 is 15.9 Å². The third-order valence-electron chi connectivity index (χ3n) is 4.66. The van der Waals surface area contributed by atoms with Gasteiger partial charge in [0.15, 0.2) is 0 Å². The molecule has 6 nitrogen and oxygen atoms in total. The molecule has 0 spiro atoms. The van der Waals surface area contributed by atoms with Crippen molar-refractivity contribution in [3.63, 3.8) is 0 Å². The number of ether oxygens (including phenoxy) is 1. The molecule has 0 unspecified atom stereocenters. The molecule has 1 heterocycles. The molecule has 1 amide bonds. The number of hydrogen-bond acceptors (Lipinski definition) is 4. The van der Waals surface area contributed by atoms with E-state index in [4.69, 9.17) is 4.74 Å². The van der Waals surface area contributed by atoms with Crippen LogP contribution < -0.4 is 4.74 Å². The first-order valence-electron chi connectivity index (χ1n) is 9.28. The topological polar surface area (TPSA) is 66.9 Å². The zero-order chi connectivity index (χ0) is 20.9. The lowest BCUT2D eigenvalue weighted by Crippen LogP contribution is -2.37. The summed E-state index contributed by atoms with van der Waals surface area (Å²) in [6.07, 6.45) is 0.646. The van der Waals surface area contributed by atoms with Crippen molar-refractivity contribution in [1.29, 1.82) is 0 Å². The molecule has 1 aliphatic rings. The largest absolute Gasteiger partial charge is 0.493 e. The minimum atomic E-state index is -3.73. The molecule has 156 valence electrons. The Hall–Kier alpha value is -2.52. The average molecular weight is 424 g/mol. The Balaban J connectivity index is 1.52. The van der Waals surface area contributed by atoms with E-state index >= 15 is 0 Å². The predicted octanol–water partition coefficient (Wildman–Crippen LogP) is 2.66. The molecular formula is C20H22F2N2O4S. The van der Waals surface area contributed by atoms with Gasteiger partial charge < -0.3 is 9.64 Å². The van der Waals surface area contributed by atoms with E-state index in [2.05, 4.69) is 0 Å². The molecule has 1 aliphatic heterocycles. The summed E-state index contributed by atoms with van der Waals surface area (Å²) >= 11 is 0. The first kappa shape index (κ1) is 21.2. The van der Waals surface area contributed by atoms with E-state index in [0.717, 1.165) is 12.1 Å². The van der Waals surface area contributed by atoms with Crippen molar-refractivity contribution in [3.8, 4) is 5.75 Å². The van der Waals surface area contributed by atoms with Crippen LogP contribution in [0, 0.1) is 11.6 Å². The normalized spacial score (nSPS) is 15.7. The summed E-state index contributed by atoms with van der Waals surface area (Å²) in [5.41, 5.74) is 0. The van der Waals surface area contributed by atoms with Crippen molar-refractivity contribution in [2.24, 2.45) is 0 Å². The smallest absolute Gasteiger partial charge is 0.243 e. The van der Waals surface area contributed by atoms with Gasteiger partial charge in [0.05, 0.1) is 17.9 Å². The van der Waals surface area contributed by atoms with Crippen LogP contribution in [0.15, 0.2) is 53.4 Å². The van der Waals surface area contributed by atoms with Crippen LogP contribution in [-0.4, -0.2) is 56.3 Å². The highest BCUT2D eigenvalue weighted by Gasteiger charge is 2.28. The van der Waals surface area contributed by atoms with Crippen molar-refractivity contribution in [2.45, 2.75) is 17.7 Å². The summed E-state index contributed by atoms with van der Waals surface area (Å²) in [6.45, 7) is 1.33. The number of rotatable bonds is 6. The molecule has 0 atom stereocenters. The third kappa shape index (κ3) is 5.51. The van der Waals surface area contributed by atoms with Crippen LogP contribution in [0.3, 0.4) is 0 Å². The van der Waals surface area contributed by atoms with Gasteiger partial charge in [-0.25, -0.2) is 17.2 Å². The van der Waals surface area contributed by atoms with Gasteiger partial charge in [-0.3, -0.25) is 4.79 Å². The van der Waals surface area contributed by atoms with Gasteiger partial charge in [0.2, 0.25) is 15.9 Å². The molecule has 9 heteroatoms. The van der Waals surface area contributed by atoms with E-state index in [9.17, 15) is 22.0 Å². The van der Waals surface area contributed by atoms with E-state index in [0.29, 0.717) is 18.7 Å². The molecule has 3 rings (SSSR count). The number of sulfonamides is 1. The lowest BCUT2D eigenvalue weighted by atomic mass is 10.3. The maximum absolute atomic E-state index is 13.1. The zero-order valence-corrected chi connectivity index (χ0v) is 16.6. The molecule has 0 aliphatic carbocycles. The van der Waals surface area contributed by atoms with Crippen LogP contribution >= 0.6 is 0 Å². The van der Waals surface area contributed by atoms with E-state index < -0.39 is 15.8 Å². The van der Waals surface area contributed by atoms with E-state index in [-0.39, 0.29) is 49.3 Å². The van der Waals surface area contributed by atoms with E-state index in [1.165, 1.54) is 40.7 Å². The SMILES string of the molecule is O=C(CCOc1ccc(F)cc1)N1CCCN(S(=O)(=O)c2ccc(F)cc2)CC1. The predicted molar refractivity (Wildman–Crippen MR) is 103 cm³/mol. The Morgan fingerprint density at radius 1 is 0.897 bits per heavy atom. The fraction of sp³-hybridized carbons (Fsp3) is 0.350. The van der Waals surface area contributed by atoms with Crippen molar-refractivity contribution < 1.29 is 26.7 Å². The van der Waals surface area contributed by atoms with Crippen LogP contribution in [0.4, 0.5) is 8.78 Å². The van der Waals surface area contributed by atoms with Gasteiger partial charge in [0.1, 0.15) is 17.4 Å². The quantitative estimate of drug-likeness (QED) is 0.715. The molecule has 1 saturated heterocycles. The summed E-state index contributed by atoms with van der Waals surface area (Å²) < 4.78 is 58.2. The lowest BCUT2D eigenvalue weighted by molar-refractivity contribution is -0.131. The molecule has 2 aromatic carbocycles. The number of carbonyl (C=O) groups excluding carboxylic acids is 1. The Bertz CT molecular complexity index is 934. The molecule has 0 bridgehead atoms. The number of halogens is 2. The van der Waals surface area contributed by atoms with Gasteiger partial charge in [-0.15, -0.1) is 0 Å². The summed E-state index contributed by atoms with van der Waals surface area (Å²) in [4.78, 5) is 14.1. The molecular weight excluding hydrogens is 402 g/mol. The number of nitrogens with zero attached hydrogens (tertiary/aromatic N) is 2. The summed E-state index contributed by atoms with van der Waals surface area (Å²) in [5.74, 6) is -0.516. The number of hydrogen-bond donors (Lipinski definition) is 0. The highest BCUT2D eigenvalue weighted by molar-refractivity contribution is 7.89. The first-order valence-corrected chi connectivity index (χ1v) is 10.7. The lowest BCUT2D eigenvalue weighted by Gasteiger charge is -2.22. The number of carbonyl (C=O) groups is 1. The standard InChI is InChI=1S/C20H22F2N2O4S/c21-16-2-6-18(7-3-16)28-15-10-20(25)23-11-1-12-24(14-13-23)29(26,27)19-8-4-17(22)5-9-19/h2-9H,1,10-15H2. The fourth-order valence-electron chi connectivity index (χ4n) is 3.08. The van der Waals surface area contributed by atoms with Crippen LogP contribution in [0.1, 0.15) is 12.8 Å². The van der Waals surface area contributed by atoms with Crippen LogP contribution in [-0.2, 0) is 14.8 Å². The second kappa shape index (κ2) is 9.32. The van der Waals surface area contributed by atoms with Crippen molar-refractivity contribution in [2.75, 3.05) is 32.8 Å². The minimum Gasteiger partial charge on any atom is -0.493 e. The van der Waals surface area contributed by atoms with Gasteiger partial charge in [-0.05, 0) is 55.0 Å². The second-order valence-corrected chi connectivity index (χ2v) is 8.58. The van der Waals surface area contributed by atoms with Gasteiger partial charge in [-0.2, -0.15) is 4.31 Å². The van der Waals surface area contributed by atoms with Crippen LogP contribution in [0.5, 0.6) is 5.75 Å². The average Bonchev–Trinajstić information content (AvgIpc) is 2.97. The Labute approximate surface area is 168 Å². The highest BCUT2D eigenvalue weighted by Crippen LogP contribution is 2.18. The molecule has 1 fully saturated rings. The van der Waals surface area contributed by atoms with E-state index in [1.54, 1.807) is 4.90 Å². The van der Waals surface area contributed by atoms with Gasteiger partial charge >= 0.3 is 0 Å². The van der Waals surface area contributed by atoms with Crippen molar-refractivity contribution in [3.05, 3.63) is 60.2 Å². The molecule has 0 radical (unpaired) electrons. The van der Waals surface area contributed by atoms with Crippen LogP contribution in [0.25, 0.3) is 0 Å². The molecule has 2 aromatic rings. The Morgan fingerprint density at radius 2 is 1.52 bits per heavy atom. The molecule has 0 saturated carbocycles. The number of benzene rings is 2. The van der Waals surface area contributed by atoms with Gasteiger partial charge in [0.25, 0.3) is 0 Å². The highest BCUT2D eigenvalue weighted by atomic mass is 32.2. The second-order valence-electron chi connectivity index (χ2n) is 6.64. The summed E-state index contributed by atoms with van der Waals surface area (Å²) in [7, 11) is -3.73. The van der Waals surface area contributed by atoms with Crippen LogP contribution in [0.2, 0.25) is 0 Å². The fourth-order valence-corrected chi connectivity index (χ4v) is 4.55. The first-order chi connectivity index (χ1) is 13.9. The Kier molecular flexibility index (Phi) is 6.81. The maximum atomic E-state index is 13.1. The third-order valence-corrected chi connectivity index (χ3v) is 6.57. The molecule has 29 heavy (non-hydrogen) atoms. The molecule has 0 N–H and O–H groups in total. The maximum Gasteiger partial charge on any atom is 0.243 e. The van der Waals surface area contributed by atoms with Gasteiger partial charge in [0, 0.05) is 26.2 Å². The van der Waals surface area contributed by atoms with E-state index in [1.807, 2.05) is 0 Å². The van der Waals surface area contributed by atoms with Crippen molar-refractivity contribution in [1.82, 2.24) is 9.21 Å².